The molecule has 3 aliphatic rings. The molecule has 2 saturated carbocycles. The van der Waals surface area contributed by atoms with Gasteiger partial charge in [-0.2, -0.15) is 0 Å². The molecular weight excluding hydrogens is 280 g/mol. The van der Waals surface area contributed by atoms with Crippen LogP contribution in [0, 0.1) is 11.8 Å². The Kier molecular flexibility index (Phi) is 3.60. The van der Waals surface area contributed by atoms with E-state index in [2.05, 4.69) is 56.4 Å². The first-order chi connectivity index (χ1) is 10.6. The van der Waals surface area contributed by atoms with Crippen molar-refractivity contribution >= 4 is 14.1 Å². The van der Waals surface area contributed by atoms with Crippen LogP contribution in [-0.4, -0.2) is 8.07 Å². The number of benzene rings is 1. The van der Waals surface area contributed by atoms with Crippen LogP contribution in [-0.2, 0) is 0 Å². The third kappa shape index (κ3) is 2.16. The van der Waals surface area contributed by atoms with Crippen LogP contribution >= 0.6 is 0 Å². The molecule has 1 aromatic carbocycles. The predicted molar refractivity (Wildman–Crippen MR) is 98.9 cm³/mol. The minimum atomic E-state index is -1.18. The first kappa shape index (κ1) is 14.7. The molecule has 0 amide bonds. The minimum Gasteiger partial charge on any atom is -0.0802 e. The molecule has 4 atom stereocenters. The topological polar surface area (TPSA) is 0 Å². The normalized spacial score (nSPS) is 34.7. The van der Waals surface area contributed by atoms with E-state index in [1.165, 1.54) is 37.7 Å². The lowest BCUT2D eigenvalue weighted by molar-refractivity contribution is 0.545. The zero-order chi connectivity index (χ0) is 15.3. The predicted octanol–water partition coefficient (Wildman–Crippen LogP) is 6.48. The fourth-order valence-electron chi connectivity index (χ4n) is 6.31. The van der Waals surface area contributed by atoms with Gasteiger partial charge in [-0.1, -0.05) is 82.1 Å². The Morgan fingerprint density at radius 3 is 2.55 bits per heavy atom. The van der Waals surface area contributed by atoms with Crippen LogP contribution in [0.5, 0.6) is 0 Å². The molecule has 2 fully saturated rings. The van der Waals surface area contributed by atoms with E-state index >= 15 is 0 Å². The Balaban J connectivity index is 1.68. The molecule has 4 unspecified atom stereocenters. The van der Waals surface area contributed by atoms with Crippen LogP contribution in [0.2, 0.25) is 24.2 Å². The molecule has 4 rings (SSSR count). The van der Waals surface area contributed by atoms with Crippen molar-refractivity contribution in [2.45, 2.75) is 69.1 Å². The summed E-state index contributed by atoms with van der Waals surface area (Å²) in [6.45, 7) is 8.00. The van der Waals surface area contributed by atoms with Gasteiger partial charge in [-0.15, -0.1) is 0 Å². The van der Waals surface area contributed by atoms with Gasteiger partial charge in [0.2, 0.25) is 0 Å². The molecule has 3 aliphatic carbocycles. The van der Waals surface area contributed by atoms with Gasteiger partial charge >= 0.3 is 0 Å². The molecule has 1 heteroatoms. The van der Waals surface area contributed by atoms with E-state index in [9.17, 15) is 0 Å². The number of rotatable bonds is 2. The summed E-state index contributed by atoms with van der Waals surface area (Å²) in [6.07, 6.45) is 12.5. The maximum atomic E-state index is 2.72. The van der Waals surface area contributed by atoms with Gasteiger partial charge in [-0.05, 0) is 46.4 Å². The second-order valence-electron chi connectivity index (χ2n) is 8.71. The van der Waals surface area contributed by atoms with Crippen molar-refractivity contribution in [1.82, 2.24) is 0 Å². The zero-order valence-corrected chi connectivity index (χ0v) is 15.4. The van der Waals surface area contributed by atoms with Gasteiger partial charge in [0.15, 0.2) is 0 Å². The number of hydrogen-bond donors (Lipinski definition) is 0. The lowest BCUT2D eigenvalue weighted by Gasteiger charge is -2.42. The van der Waals surface area contributed by atoms with Crippen LogP contribution < -0.4 is 0 Å². The van der Waals surface area contributed by atoms with Crippen molar-refractivity contribution in [3.05, 3.63) is 41.5 Å². The van der Waals surface area contributed by atoms with Crippen molar-refractivity contribution in [3.8, 4) is 0 Å². The average molecular weight is 311 g/mol. The molecule has 0 heterocycles. The summed E-state index contributed by atoms with van der Waals surface area (Å²) in [4.78, 5) is 0. The lowest BCUT2D eigenvalue weighted by Crippen LogP contribution is -2.41. The fraction of sp³-hybridized carbons (Fsp3) is 0.619. The zero-order valence-electron chi connectivity index (χ0n) is 14.4. The molecule has 0 spiro atoms. The van der Waals surface area contributed by atoms with Crippen molar-refractivity contribution < 1.29 is 0 Å². The van der Waals surface area contributed by atoms with Crippen LogP contribution in [0.1, 0.15) is 56.1 Å². The highest BCUT2D eigenvalue weighted by Crippen LogP contribution is 2.60. The third-order valence-corrected chi connectivity index (χ3v) is 12.6. The van der Waals surface area contributed by atoms with E-state index in [1.54, 1.807) is 5.56 Å². The Hall–Kier alpha value is -0.823. The van der Waals surface area contributed by atoms with E-state index in [0.29, 0.717) is 0 Å². The summed E-state index contributed by atoms with van der Waals surface area (Å²) >= 11 is 0. The summed E-state index contributed by atoms with van der Waals surface area (Å²) in [6, 6.07) is 9.14. The third-order valence-electron chi connectivity index (χ3n) is 7.28. The summed E-state index contributed by atoms with van der Waals surface area (Å²) < 4.78 is 0. The molecular formula is C21H30Si. The Labute approximate surface area is 137 Å². The largest absolute Gasteiger partial charge is 0.0802 e. The van der Waals surface area contributed by atoms with Crippen LogP contribution in [0.4, 0.5) is 0 Å². The SMILES string of the molecule is CC1CC2c3ccccc3C=CC2C1[Si](C)(C)C1CCCC1. The summed E-state index contributed by atoms with van der Waals surface area (Å²) in [5, 5.41) is 0. The smallest absolute Gasteiger partial charge is 0.0544 e. The van der Waals surface area contributed by atoms with Crippen molar-refractivity contribution in [2.75, 3.05) is 0 Å². The van der Waals surface area contributed by atoms with Gasteiger partial charge in [-0.3, -0.25) is 0 Å². The molecule has 0 saturated heterocycles. The highest BCUT2D eigenvalue weighted by Gasteiger charge is 2.52. The van der Waals surface area contributed by atoms with E-state index in [1.807, 2.05) is 0 Å². The van der Waals surface area contributed by atoms with Gasteiger partial charge in [0.05, 0.1) is 8.07 Å². The van der Waals surface area contributed by atoms with Crippen LogP contribution in [0.25, 0.3) is 6.08 Å². The Bertz CT molecular complexity index is 579. The molecule has 118 valence electrons. The second kappa shape index (κ2) is 5.37. The highest BCUT2D eigenvalue weighted by molar-refractivity contribution is 6.80. The van der Waals surface area contributed by atoms with E-state index in [0.717, 1.165) is 28.8 Å². The van der Waals surface area contributed by atoms with Gasteiger partial charge in [0, 0.05) is 0 Å². The molecule has 0 nitrogen and oxygen atoms in total. The maximum Gasteiger partial charge on any atom is 0.0544 e. The van der Waals surface area contributed by atoms with Gasteiger partial charge in [0.1, 0.15) is 0 Å². The van der Waals surface area contributed by atoms with Gasteiger partial charge in [0.25, 0.3) is 0 Å². The van der Waals surface area contributed by atoms with Crippen molar-refractivity contribution in [3.63, 3.8) is 0 Å². The maximum absolute atomic E-state index is 2.72. The number of fused-ring (bicyclic) bond motifs is 3. The minimum absolute atomic E-state index is 0.800. The van der Waals surface area contributed by atoms with Crippen molar-refractivity contribution in [2.24, 2.45) is 11.8 Å². The highest BCUT2D eigenvalue weighted by atomic mass is 28.3. The molecule has 0 N–H and O–H groups in total. The first-order valence-corrected chi connectivity index (χ1v) is 12.5. The van der Waals surface area contributed by atoms with Crippen LogP contribution in [0.3, 0.4) is 0 Å². The second-order valence-corrected chi connectivity index (χ2v) is 13.8. The summed E-state index contributed by atoms with van der Waals surface area (Å²) in [5.41, 5.74) is 5.20. The Morgan fingerprint density at radius 2 is 1.77 bits per heavy atom. The fourth-order valence-corrected chi connectivity index (χ4v) is 11.7. The van der Waals surface area contributed by atoms with Gasteiger partial charge in [-0.25, -0.2) is 0 Å². The van der Waals surface area contributed by atoms with E-state index in [4.69, 9.17) is 0 Å². The molecule has 0 bridgehead atoms. The first-order valence-electron chi connectivity index (χ1n) is 9.36. The average Bonchev–Trinajstić information content (AvgIpc) is 3.14. The summed E-state index contributed by atoms with van der Waals surface area (Å²) in [7, 11) is -1.18. The van der Waals surface area contributed by atoms with Gasteiger partial charge < -0.3 is 0 Å². The van der Waals surface area contributed by atoms with E-state index < -0.39 is 8.07 Å². The molecule has 0 radical (unpaired) electrons. The monoisotopic (exact) mass is 310 g/mol. The van der Waals surface area contributed by atoms with Crippen molar-refractivity contribution in [1.29, 1.82) is 0 Å². The van der Waals surface area contributed by atoms with Crippen LogP contribution in [0.15, 0.2) is 30.3 Å². The molecule has 1 aromatic rings. The molecule has 0 aliphatic heterocycles. The standard InChI is InChI=1S/C21H30Si/c1-15-14-20-18-11-7-4-8-16(18)12-13-19(20)21(15)22(2,3)17-9-5-6-10-17/h4,7-8,11-13,15,17,19-21H,5-6,9-10,14H2,1-3H3. The molecule has 22 heavy (non-hydrogen) atoms. The quantitative estimate of drug-likeness (QED) is 0.549. The molecule has 0 aromatic heterocycles. The summed E-state index contributed by atoms with van der Waals surface area (Å²) in [5.74, 6) is 2.54. The Morgan fingerprint density at radius 1 is 1.05 bits per heavy atom. The van der Waals surface area contributed by atoms with E-state index in [-0.39, 0.29) is 0 Å². The number of hydrogen-bond acceptors (Lipinski definition) is 0. The lowest BCUT2D eigenvalue weighted by atomic mass is 9.81. The number of allylic oxidation sites excluding steroid dienone is 1.